The van der Waals surface area contributed by atoms with Gasteiger partial charge in [0.05, 0.1) is 6.61 Å². The van der Waals surface area contributed by atoms with Crippen LogP contribution in [0, 0.1) is 0 Å². The lowest BCUT2D eigenvalue weighted by Gasteiger charge is -2.03. The zero-order valence-electron chi connectivity index (χ0n) is 8.90. The molecule has 1 rings (SSSR count). The van der Waals surface area contributed by atoms with Crippen LogP contribution < -0.4 is 5.56 Å². The van der Waals surface area contributed by atoms with Crippen LogP contribution in [0.5, 0.6) is 0 Å². The Bertz CT molecular complexity index is 398. The molecule has 0 saturated carbocycles. The van der Waals surface area contributed by atoms with Crippen molar-refractivity contribution in [2.24, 2.45) is 7.05 Å². The second-order valence-corrected chi connectivity index (χ2v) is 3.17. The van der Waals surface area contributed by atoms with E-state index in [1.165, 1.54) is 19.2 Å². The van der Waals surface area contributed by atoms with Crippen LogP contribution in [-0.4, -0.2) is 22.4 Å². The summed E-state index contributed by atoms with van der Waals surface area (Å²) in [5.41, 5.74) is -0.0895. The molecule has 0 saturated heterocycles. The standard InChI is InChI=1S/C10H14N2O3/c1-3-4-7-15-10(14)8-5-6-9(13)12(2)11-8/h5-6H,3-4,7H2,1-2H3. The Morgan fingerprint density at radius 2 is 2.27 bits per heavy atom. The van der Waals surface area contributed by atoms with E-state index in [1.807, 2.05) is 6.92 Å². The summed E-state index contributed by atoms with van der Waals surface area (Å²) in [6.45, 7) is 2.40. The van der Waals surface area contributed by atoms with Crippen LogP contribution in [0.15, 0.2) is 16.9 Å². The summed E-state index contributed by atoms with van der Waals surface area (Å²) in [5.74, 6) is -0.487. The van der Waals surface area contributed by atoms with E-state index in [4.69, 9.17) is 4.74 Å². The predicted molar refractivity (Wildman–Crippen MR) is 54.7 cm³/mol. The van der Waals surface area contributed by atoms with Gasteiger partial charge in [-0.15, -0.1) is 0 Å². The number of esters is 1. The second kappa shape index (κ2) is 5.29. The van der Waals surface area contributed by atoms with Gasteiger partial charge in [-0.25, -0.2) is 9.48 Å². The molecule has 15 heavy (non-hydrogen) atoms. The largest absolute Gasteiger partial charge is 0.461 e. The Hall–Kier alpha value is -1.65. The van der Waals surface area contributed by atoms with Crippen molar-refractivity contribution in [2.75, 3.05) is 6.61 Å². The molecule has 0 unspecified atom stereocenters. The molecule has 0 aliphatic carbocycles. The fraction of sp³-hybridized carbons (Fsp3) is 0.500. The first-order valence-electron chi connectivity index (χ1n) is 4.86. The topological polar surface area (TPSA) is 61.2 Å². The first kappa shape index (κ1) is 11.4. The third kappa shape index (κ3) is 3.19. The van der Waals surface area contributed by atoms with Gasteiger partial charge in [0.15, 0.2) is 5.69 Å². The van der Waals surface area contributed by atoms with Crippen molar-refractivity contribution >= 4 is 5.97 Å². The van der Waals surface area contributed by atoms with Gasteiger partial charge in [-0.1, -0.05) is 13.3 Å². The van der Waals surface area contributed by atoms with Crippen LogP contribution in [-0.2, 0) is 11.8 Å². The van der Waals surface area contributed by atoms with Crippen molar-refractivity contribution in [3.05, 3.63) is 28.2 Å². The summed E-state index contributed by atoms with van der Waals surface area (Å²) in [6.07, 6.45) is 1.80. The molecule has 0 spiro atoms. The molecule has 0 atom stereocenters. The zero-order chi connectivity index (χ0) is 11.3. The van der Waals surface area contributed by atoms with Crippen LogP contribution >= 0.6 is 0 Å². The van der Waals surface area contributed by atoms with Gasteiger partial charge in [-0.05, 0) is 12.5 Å². The third-order valence-corrected chi connectivity index (χ3v) is 1.90. The average molecular weight is 210 g/mol. The normalized spacial score (nSPS) is 10.0. The third-order valence-electron chi connectivity index (χ3n) is 1.90. The molecule has 5 heteroatoms. The number of hydrogen-bond donors (Lipinski definition) is 0. The smallest absolute Gasteiger partial charge is 0.358 e. The number of nitrogens with zero attached hydrogens (tertiary/aromatic N) is 2. The Kier molecular flexibility index (Phi) is 4.03. The second-order valence-electron chi connectivity index (χ2n) is 3.17. The predicted octanol–water partition coefficient (Wildman–Crippen LogP) is 0.737. The molecular formula is C10H14N2O3. The molecule has 1 heterocycles. The van der Waals surface area contributed by atoms with Crippen molar-refractivity contribution in [1.29, 1.82) is 0 Å². The number of carbonyl (C=O) groups is 1. The molecule has 82 valence electrons. The van der Waals surface area contributed by atoms with E-state index in [2.05, 4.69) is 5.10 Å². The average Bonchev–Trinajstić information content (AvgIpc) is 2.22. The van der Waals surface area contributed by atoms with Crippen molar-refractivity contribution in [2.45, 2.75) is 19.8 Å². The summed E-state index contributed by atoms with van der Waals surface area (Å²) in [7, 11) is 1.49. The molecule has 1 aromatic rings. The minimum absolute atomic E-state index is 0.160. The maximum atomic E-state index is 11.4. The molecule has 0 aliphatic heterocycles. The van der Waals surface area contributed by atoms with Gasteiger partial charge in [0.2, 0.25) is 0 Å². The Labute approximate surface area is 87.7 Å². The molecule has 0 bridgehead atoms. The van der Waals surface area contributed by atoms with Crippen LogP contribution in [0.4, 0.5) is 0 Å². The van der Waals surface area contributed by atoms with Crippen LogP contribution in [0.25, 0.3) is 0 Å². The quantitative estimate of drug-likeness (QED) is 0.543. The summed E-state index contributed by atoms with van der Waals surface area (Å²) in [5, 5.41) is 3.78. The maximum absolute atomic E-state index is 11.4. The Balaban J connectivity index is 2.66. The molecular weight excluding hydrogens is 196 g/mol. The van der Waals surface area contributed by atoms with Gasteiger partial charge in [0, 0.05) is 13.1 Å². The van der Waals surface area contributed by atoms with Gasteiger partial charge in [-0.2, -0.15) is 5.10 Å². The minimum Gasteiger partial charge on any atom is -0.461 e. The SMILES string of the molecule is CCCCOC(=O)c1ccc(=O)n(C)n1. The van der Waals surface area contributed by atoms with Gasteiger partial charge in [0.1, 0.15) is 0 Å². The maximum Gasteiger partial charge on any atom is 0.358 e. The van der Waals surface area contributed by atoms with Crippen molar-refractivity contribution in [3.8, 4) is 0 Å². The number of rotatable bonds is 4. The molecule has 0 fully saturated rings. The summed E-state index contributed by atoms with van der Waals surface area (Å²) >= 11 is 0. The fourth-order valence-corrected chi connectivity index (χ4v) is 0.994. The lowest BCUT2D eigenvalue weighted by Crippen LogP contribution is -2.22. The minimum atomic E-state index is -0.487. The van der Waals surface area contributed by atoms with Crippen molar-refractivity contribution in [3.63, 3.8) is 0 Å². The Morgan fingerprint density at radius 1 is 1.53 bits per heavy atom. The van der Waals surface area contributed by atoms with Crippen molar-refractivity contribution in [1.82, 2.24) is 9.78 Å². The van der Waals surface area contributed by atoms with E-state index in [0.717, 1.165) is 17.5 Å². The summed E-state index contributed by atoms with van der Waals surface area (Å²) < 4.78 is 6.05. The van der Waals surface area contributed by atoms with Gasteiger partial charge in [0.25, 0.3) is 5.56 Å². The highest BCUT2D eigenvalue weighted by Crippen LogP contribution is 1.96. The molecule has 1 aromatic heterocycles. The van der Waals surface area contributed by atoms with Crippen LogP contribution in [0.3, 0.4) is 0 Å². The van der Waals surface area contributed by atoms with Gasteiger partial charge < -0.3 is 4.74 Å². The Morgan fingerprint density at radius 3 is 2.87 bits per heavy atom. The van der Waals surface area contributed by atoms with E-state index >= 15 is 0 Å². The number of carbonyl (C=O) groups excluding carboxylic acids is 1. The summed E-state index contributed by atoms with van der Waals surface area (Å²) in [4.78, 5) is 22.4. The van der Waals surface area contributed by atoms with E-state index in [9.17, 15) is 9.59 Å². The summed E-state index contributed by atoms with van der Waals surface area (Å²) in [6, 6.07) is 2.67. The molecule has 0 N–H and O–H groups in total. The highest BCUT2D eigenvalue weighted by Gasteiger charge is 2.09. The monoisotopic (exact) mass is 210 g/mol. The lowest BCUT2D eigenvalue weighted by atomic mass is 10.3. The van der Waals surface area contributed by atoms with Gasteiger partial charge >= 0.3 is 5.97 Å². The zero-order valence-corrected chi connectivity index (χ0v) is 8.90. The highest BCUT2D eigenvalue weighted by atomic mass is 16.5. The van der Waals surface area contributed by atoms with Crippen LogP contribution in [0.1, 0.15) is 30.3 Å². The first-order valence-corrected chi connectivity index (χ1v) is 4.86. The van der Waals surface area contributed by atoms with E-state index < -0.39 is 5.97 Å². The molecule has 5 nitrogen and oxygen atoms in total. The molecule has 0 radical (unpaired) electrons. The number of hydrogen-bond acceptors (Lipinski definition) is 4. The number of ether oxygens (including phenoxy) is 1. The van der Waals surface area contributed by atoms with Crippen molar-refractivity contribution < 1.29 is 9.53 Å². The van der Waals surface area contributed by atoms with E-state index in [0.29, 0.717) is 6.61 Å². The molecule has 0 aliphatic rings. The van der Waals surface area contributed by atoms with E-state index in [1.54, 1.807) is 0 Å². The first-order chi connectivity index (χ1) is 7.15. The fourth-order valence-electron chi connectivity index (χ4n) is 0.994. The number of unbranched alkanes of at least 4 members (excludes halogenated alkanes) is 1. The van der Waals surface area contributed by atoms with E-state index in [-0.39, 0.29) is 11.3 Å². The molecule has 0 amide bonds. The number of aromatic nitrogens is 2. The molecule has 0 aromatic carbocycles. The number of aryl methyl sites for hydroxylation is 1. The van der Waals surface area contributed by atoms with Gasteiger partial charge in [-0.3, -0.25) is 4.79 Å². The van der Waals surface area contributed by atoms with Crippen LogP contribution in [0.2, 0.25) is 0 Å². The lowest BCUT2D eigenvalue weighted by molar-refractivity contribution is 0.0490. The highest BCUT2D eigenvalue weighted by molar-refractivity contribution is 5.86.